The Morgan fingerprint density at radius 1 is 0.382 bits per heavy atom. The monoisotopic (exact) mass is 1080 g/mol. The average molecular weight is 1080 g/mol. The molecule has 0 radical (unpaired) electrons. The first-order chi connectivity index (χ1) is 37.2. The Morgan fingerprint density at radius 3 is 1.12 bits per heavy atom. The van der Waals surface area contributed by atoms with Crippen molar-refractivity contribution in [2.24, 2.45) is 0 Å². The SMILES string of the molecule is CC/C=C\C/C=C\C/C=C\C/C=C\C/C=C\CCCCCC(=O)OC(COC(=O)CC/C=C\C/C=C\C/C=C\C/C=C\CC)COP(=O)(O)OCC(CO)OC(=O)CCCCCCCCC/C=C\C/C=C\CCCCC. The van der Waals surface area contributed by atoms with E-state index in [9.17, 15) is 28.9 Å². The molecule has 430 valence electrons. The number of carbonyl (C=O) groups excluding carboxylic acids is 3. The van der Waals surface area contributed by atoms with Crippen molar-refractivity contribution < 1.29 is 52.2 Å². The lowest BCUT2D eigenvalue weighted by molar-refractivity contribution is -0.161. The zero-order chi connectivity index (χ0) is 55.5. The number of ether oxygens (including phenoxy) is 3. The molecule has 11 nitrogen and oxygen atoms in total. The van der Waals surface area contributed by atoms with Gasteiger partial charge in [0.2, 0.25) is 0 Å². The molecule has 0 saturated heterocycles. The molecule has 0 bridgehead atoms. The minimum absolute atomic E-state index is 0.0900. The van der Waals surface area contributed by atoms with Gasteiger partial charge >= 0.3 is 25.7 Å². The summed E-state index contributed by atoms with van der Waals surface area (Å²) in [4.78, 5) is 48.5. The fraction of sp³-hybridized carbons (Fsp3) is 0.609. The first-order valence-electron chi connectivity index (χ1n) is 29.1. The van der Waals surface area contributed by atoms with E-state index in [1.54, 1.807) is 0 Å². The maximum atomic E-state index is 12.9. The number of aliphatic hydroxyl groups is 1. The number of hydrogen-bond donors (Lipinski definition) is 2. The van der Waals surface area contributed by atoms with Crippen molar-refractivity contribution in [1.82, 2.24) is 0 Å². The minimum atomic E-state index is -4.78. The summed E-state index contributed by atoms with van der Waals surface area (Å²) in [5.74, 6) is -1.62. The van der Waals surface area contributed by atoms with E-state index < -0.39 is 64.4 Å². The van der Waals surface area contributed by atoms with Crippen LogP contribution in [0, 0.1) is 0 Å². The van der Waals surface area contributed by atoms with Crippen LogP contribution < -0.4 is 0 Å². The highest BCUT2D eigenvalue weighted by molar-refractivity contribution is 7.47. The largest absolute Gasteiger partial charge is 0.472 e. The van der Waals surface area contributed by atoms with Gasteiger partial charge in [-0.25, -0.2) is 4.57 Å². The van der Waals surface area contributed by atoms with Gasteiger partial charge in [0.1, 0.15) is 12.7 Å². The zero-order valence-corrected chi connectivity index (χ0v) is 48.3. The molecule has 0 aliphatic heterocycles. The molecular formula is C64H103O11P. The normalized spacial score (nSPS) is 14.3. The minimum Gasteiger partial charge on any atom is -0.462 e. The second-order valence-corrected chi connectivity index (χ2v) is 20.1. The fourth-order valence-corrected chi connectivity index (χ4v) is 7.97. The van der Waals surface area contributed by atoms with Gasteiger partial charge in [0.15, 0.2) is 6.10 Å². The molecule has 0 amide bonds. The summed E-state index contributed by atoms with van der Waals surface area (Å²) in [6.07, 6.45) is 71.4. The predicted octanol–water partition coefficient (Wildman–Crippen LogP) is 17.4. The van der Waals surface area contributed by atoms with Gasteiger partial charge in [0.05, 0.1) is 19.8 Å². The van der Waals surface area contributed by atoms with Crippen molar-refractivity contribution >= 4 is 25.7 Å². The lowest BCUT2D eigenvalue weighted by Gasteiger charge is -2.21. The van der Waals surface area contributed by atoms with Gasteiger partial charge in [0.25, 0.3) is 0 Å². The highest BCUT2D eigenvalue weighted by Gasteiger charge is 2.28. The Hall–Kier alpha value is -4.38. The Kier molecular flexibility index (Phi) is 53.5. The van der Waals surface area contributed by atoms with Crippen LogP contribution in [0.1, 0.15) is 213 Å². The van der Waals surface area contributed by atoms with Crippen LogP contribution in [-0.4, -0.2) is 66.5 Å². The molecule has 0 aromatic carbocycles. The maximum absolute atomic E-state index is 12.9. The van der Waals surface area contributed by atoms with E-state index in [1.807, 2.05) is 12.2 Å². The number of rotatable bonds is 52. The molecule has 0 saturated carbocycles. The molecule has 0 aliphatic rings. The molecule has 3 unspecified atom stereocenters. The number of phosphoric ester groups is 1. The number of allylic oxidation sites excluding steroid dienone is 22. The van der Waals surface area contributed by atoms with Crippen LogP contribution in [0.2, 0.25) is 0 Å². The lowest BCUT2D eigenvalue weighted by Crippen LogP contribution is -2.30. The van der Waals surface area contributed by atoms with Gasteiger partial charge in [0, 0.05) is 19.3 Å². The molecule has 0 aromatic rings. The van der Waals surface area contributed by atoms with E-state index >= 15 is 0 Å². The van der Waals surface area contributed by atoms with Crippen LogP contribution in [0.5, 0.6) is 0 Å². The van der Waals surface area contributed by atoms with Crippen LogP contribution in [0.25, 0.3) is 0 Å². The highest BCUT2D eigenvalue weighted by atomic mass is 31.2. The quantitative estimate of drug-likeness (QED) is 0.0197. The summed E-state index contributed by atoms with van der Waals surface area (Å²) < 4.78 is 39.4. The fourth-order valence-electron chi connectivity index (χ4n) is 7.19. The van der Waals surface area contributed by atoms with Gasteiger partial charge < -0.3 is 24.2 Å². The molecule has 3 atom stereocenters. The zero-order valence-electron chi connectivity index (χ0n) is 47.4. The number of unbranched alkanes of at least 4 members (excludes halogenated alkanes) is 13. The Morgan fingerprint density at radius 2 is 0.711 bits per heavy atom. The van der Waals surface area contributed by atoms with Crippen molar-refractivity contribution in [2.75, 3.05) is 26.4 Å². The summed E-state index contributed by atoms with van der Waals surface area (Å²) in [5, 5.41) is 9.82. The third-order valence-electron chi connectivity index (χ3n) is 11.6. The van der Waals surface area contributed by atoms with Crippen LogP contribution in [-0.2, 0) is 42.2 Å². The van der Waals surface area contributed by atoms with E-state index in [4.69, 9.17) is 23.3 Å². The summed E-state index contributed by atoms with van der Waals surface area (Å²) >= 11 is 0. The van der Waals surface area contributed by atoms with Gasteiger partial charge in [-0.2, -0.15) is 0 Å². The first-order valence-corrected chi connectivity index (χ1v) is 30.6. The van der Waals surface area contributed by atoms with Gasteiger partial charge in [-0.1, -0.05) is 206 Å². The van der Waals surface area contributed by atoms with E-state index in [-0.39, 0.29) is 19.3 Å². The third kappa shape index (κ3) is 54.4. The smallest absolute Gasteiger partial charge is 0.462 e. The second kappa shape index (κ2) is 56.8. The van der Waals surface area contributed by atoms with E-state index in [1.165, 1.54) is 38.5 Å². The molecule has 0 aromatic heterocycles. The van der Waals surface area contributed by atoms with Gasteiger partial charge in [-0.15, -0.1) is 0 Å². The number of esters is 3. The highest BCUT2D eigenvalue weighted by Crippen LogP contribution is 2.43. The van der Waals surface area contributed by atoms with Gasteiger partial charge in [-0.3, -0.25) is 23.4 Å². The maximum Gasteiger partial charge on any atom is 0.472 e. The average Bonchev–Trinajstić information content (AvgIpc) is 3.41. The van der Waals surface area contributed by atoms with Crippen LogP contribution in [0.15, 0.2) is 134 Å². The van der Waals surface area contributed by atoms with Crippen molar-refractivity contribution in [1.29, 1.82) is 0 Å². The summed E-state index contributed by atoms with van der Waals surface area (Å²) in [5.41, 5.74) is 0. The Balaban J connectivity index is 4.84. The summed E-state index contributed by atoms with van der Waals surface area (Å²) in [6, 6.07) is 0. The lowest BCUT2D eigenvalue weighted by atomic mass is 10.1. The molecule has 0 aliphatic carbocycles. The second-order valence-electron chi connectivity index (χ2n) is 18.7. The molecule has 12 heteroatoms. The number of phosphoric acid groups is 1. The molecular weight excluding hydrogens is 976 g/mol. The van der Waals surface area contributed by atoms with Crippen LogP contribution in [0.4, 0.5) is 0 Å². The molecule has 2 N–H and O–H groups in total. The predicted molar refractivity (Wildman–Crippen MR) is 316 cm³/mol. The van der Waals surface area contributed by atoms with Crippen molar-refractivity contribution in [3.8, 4) is 0 Å². The van der Waals surface area contributed by atoms with Crippen molar-refractivity contribution in [3.05, 3.63) is 134 Å². The van der Waals surface area contributed by atoms with E-state index in [0.717, 1.165) is 116 Å². The molecule has 76 heavy (non-hydrogen) atoms. The molecule has 0 rings (SSSR count). The molecule has 0 heterocycles. The summed E-state index contributed by atoms with van der Waals surface area (Å²) in [6.45, 7) is 4.24. The van der Waals surface area contributed by atoms with E-state index in [2.05, 4.69) is 142 Å². The standard InChI is InChI=1S/C64H103O11P/c1-4-7-10-13-16-19-22-25-27-29-30-32-34-37-40-43-46-49-52-55-64(68)75-61(57-71-62(66)53-50-47-44-41-38-35-24-21-18-15-12-9-6-3)59-73-76(69,70)72-58-60(56-65)74-63(67)54-51-48-45-42-39-36-33-31-28-26-23-20-17-14-11-8-5-2/h7,9-10,12,16-21,25-28,30,32,35,37-38,40,44,47,60-61,65H,4-6,8,11,13-15,22-24,29,31,33-34,36,39,41-43,45-46,48-59H2,1-3H3,(H,69,70)/b10-7-,12-9-,19-16-,20-17-,21-18-,27-25-,28-26-,32-30-,38-35-,40-37-,47-44-. The Bertz CT molecular complexity index is 1780. The number of hydrogen-bond acceptors (Lipinski definition) is 10. The third-order valence-corrected chi connectivity index (χ3v) is 12.5. The van der Waals surface area contributed by atoms with Gasteiger partial charge in [-0.05, 0) is 122 Å². The molecule has 0 spiro atoms. The van der Waals surface area contributed by atoms with Crippen molar-refractivity contribution in [3.63, 3.8) is 0 Å². The first kappa shape index (κ1) is 71.6. The van der Waals surface area contributed by atoms with Crippen LogP contribution >= 0.6 is 7.82 Å². The Labute approximate surface area is 461 Å². The topological polar surface area (TPSA) is 155 Å². The molecule has 0 fully saturated rings. The number of aliphatic hydroxyl groups excluding tert-OH is 1. The van der Waals surface area contributed by atoms with Crippen LogP contribution in [0.3, 0.4) is 0 Å². The van der Waals surface area contributed by atoms with E-state index in [0.29, 0.717) is 19.3 Å². The van der Waals surface area contributed by atoms with Crippen molar-refractivity contribution in [2.45, 2.75) is 226 Å². The summed E-state index contributed by atoms with van der Waals surface area (Å²) in [7, 11) is -4.78. The number of carbonyl (C=O) groups is 3.